The van der Waals surface area contributed by atoms with E-state index in [1.54, 1.807) is 25.7 Å². The van der Waals surface area contributed by atoms with Crippen LogP contribution in [-0.4, -0.2) is 84.9 Å². The van der Waals surface area contributed by atoms with Crippen molar-refractivity contribution in [3.8, 4) is 0 Å². The van der Waals surface area contributed by atoms with E-state index < -0.39 is 0 Å². The van der Waals surface area contributed by atoms with Gasteiger partial charge in [-0.3, -0.25) is 14.4 Å². The minimum Gasteiger partial charge on any atom is -0.378 e. The molecule has 0 saturated carbocycles. The van der Waals surface area contributed by atoms with Crippen molar-refractivity contribution in [1.29, 1.82) is 0 Å². The number of likely N-dealkylation sites (tertiary alicyclic amines) is 2. The second kappa shape index (κ2) is 20.6. The van der Waals surface area contributed by atoms with Crippen molar-refractivity contribution >= 4 is 17.7 Å². The van der Waals surface area contributed by atoms with Crippen LogP contribution in [0.1, 0.15) is 80.6 Å². The third-order valence-corrected chi connectivity index (χ3v) is 4.81. The molecular weight excluding hydrogens is 382 g/mol. The molecule has 0 atom stereocenters. The van der Waals surface area contributed by atoms with E-state index in [0.717, 1.165) is 39.3 Å². The van der Waals surface area contributed by atoms with Gasteiger partial charge in [-0.2, -0.15) is 0 Å². The summed E-state index contributed by atoms with van der Waals surface area (Å²) in [4.78, 5) is 37.6. The van der Waals surface area contributed by atoms with Gasteiger partial charge in [-0.1, -0.05) is 27.7 Å². The van der Waals surface area contributed by atoms with Gasteiger partial charge in [-0.05, 0) is 32.1 Å². The molecule has 0 bridgehead atoms. The Balaban J connectivity index is 0. The van der Waals surface area contributed by atoms with Crippen molar-refractivity contribution in [1.82, 2.24) is 14.7 Å². The zero-order chi connectivity index (χ0) is 23.4. The third kappa shape index (κ3) is 15.2. The average molecular weight is 430 g/mol. The lowest BCUT2D eigenvalue weighted by Gasteiger charge is -2.25. The van der Waals surface area contributed by atoms with Gasteiger partial charge in [0.15, 0.2) is 0 Å². The third-order valence-electron chi connectivity index (χ3n) is 4.81. The minimum absolute atomic E-state index is 0.151. The van der Waals surface area contributed by atoms with E-state index in [9.17, 15) is 14.4 Å². The lowest BCUT2D eigenvalue weighted by Crippen LogP contribution is -2.39. The van der Waals surface area contributed by atoms with Gasteiger partial charge in [0, 0.05) is 60.0 Å². The lowest BCUT2D eigenvalue weighted by atomic mass is 10.1. The first kappa shape index (κ1) is 30.6. The molecule has 3 heterocycles. The van der Waals surface area contributed by atoms with Gasteiger partial charge < -0.3 is 19.4 Å². The van der Waals surface area contributed by atoms with E-state index >= 15 is 0 Å². The molecule has 178 valence electrons. The monoisotopic (exact) mass is 429 g/mol. The topological polar surface area (TPSA) is 70.2 Å². The summed E-state index contributed by atoms with van der Waals surface area (Å²) in [5, 5.41) is 0. The number of carbonyl (C=O) groups excluding carboxylic acids is 3. The minimum atomic E-state index is 0.151. The summed E-state index contributed by atoms with van der Waals surface area (Å²) >= 11 is 0. The normalized spacial score (nSPS) is 17.5. The first-order chi connectivity index (χ1) is 14.4. The van der Waals surface area contributed by atoms with E-state index in [2.05, 4.69) is 0 Å². The Hall–Kier alpha value is -1.63. The van der Waals surface area contributed by atoms with Gasteiger partial charge in [-0.15, -0.1) is 0 Å². The van der Waals surface area contributed by atoms with E-state index in [0.29, 0.717) is 13.2 Å². The summed E-state index contributed by atoms with van der Waals surface area (Å²) in [6.07, 6.45) is 6.07. The molecule has 30 heavy (non-hydrogen) atoms. The van der Waals surface area contributed by atoms with Crippen LogP contribution >= 0.6 is 0 Å². The Kier molecular flexibility index (Phi) is 21.0. The highest BCUT2D eigenvalue weighted by atomic mass is 16.5. The van der Waals surface area contributed by atoms with Crippen molar-refractivity contribution in [3.63, 3.8) is 0 Å². The second-order valence-electron chi connectivity index (χ2n) is 6.90. The summed E-state index contributed by atoms with van der Waals surface area (Å²) < 4.78 is 5.06. The number of rotatable bonds is 0. The molecule has 7 nitrogen and oxygen atoms in total. The molecule has 3 aliphatic rings. The van der Waals surface area contributed by atoms with Crippen LogP contribution in [0.15, 0.2) is 0 Å². The quantitative estimate of drug-likeness (QED) is 0.590. The highest BCUT2D eigenvalue weighted by Gasteiger charge is 2.13. The van der Waals surface area contributed by atoms with Crippen LogP contribution in [0.3, 0.4) is 0 Å². The molecule has 0 aromatic carbocycles. The van der Waals surface area contributed by atoms with Crippen molar-refractivity contribution in [2.24, 2.45) is 0 Å². The molecule has 3 rings (SSSR count). The zero-order valence-corrected chi connectivity index (χ0v) is 20.7. The van der Waals surface area contributed by atoms with Gasteiger partial charge in [0.2, 0.25) is 17.7 Å². The van der Waals surface area contributed by atoms with Crippen LogP contribution in [0.25, 0.3) is 0 Å². The fourth-order valence-electron chi connectivity index (χ4n) is 3.12. The van der Waals surface area contributed by atoms with E-state index in [1.165, 1.54) is 32.1 Å². The molecule has 0 spiro atoms. The van der Waals surface area contributed by atoms with Crippen LogP contribution in [-0.2, 0) is 19.1 Å². The Morgan fingerprint density at radius 3 is 1.00 bits per heavy atom. The maximum Gasteiger partial charge on any atom is 0.219 e. The summed E-state index contributed by atoms with van der Waals surface area (Å²) in [7, 11) is 0. The molecule has 3 fully saturated rings. The lowest BCUT2D eigenvalue weighted by molar-refractivity contribution is -0.133. The Morgan fingerprint density at radius 2 is 0.767 bits per heavy atom. The molecule has 3 aliphatic heterocycles. The van der Waals surface area contributed by atoms with E-state index in [1.807, 2.05) is 37.5 Å². The van der Waals surface area contributed by atoms with Gasteiger partial charge in [0.25, 0.3) is 0 Å². The summed E-state index contributed by atoms with van der Waals surface area (Å²) in [5.41, 5.74) is 0. The SMILES string of the molecule is CC.CC.CC(=O)N1CCCC1.CC(=O)N1CCCCC1.CC(=O)N1CCOCC1. The van der Waals surface area contributed by atoms with Gasteiger partial charge in [0.1, 0.15) is 0 Å². The molecule has 3 saturated heterocycles. The molecule has 7 heteroatoms. The first-order valence-corrected chi connectivity index (χ1v) is 11.8. The van der Waals surface area contributed by atoms with Crippen molar-refractivity contribution < 1.29 is 19.1 Å². The number of carbonyl (C=O) groups is 3. The highest BCUT2D eigenvalue weighted by molar-refractivity contribution is 5.74. The number of hydrogen-bond acceptors (Lipinski definition) is 4. The maximum atomic E-state index is 10.7. The fraction of sp³-hybridized carbons (Fsp3) is 0.870. The first-order valence-electron chi connectivity index (χ1n) is 11.8. The summed E-state index contributed by atoms with van der Waals surface area (Å²) in [5.74, 6) is 0.607. The highest BCUT2D eigenvalue weighted by Crippen LogP contribution is 2.07. The number of hydrogen-bond donors (Lipinski definition) is 0. The van der Waals surface area contributed by atoms with Crippen LogP contribution < -0.4 is 0 Å². The zero-order valence-electron chi connectivity index (χ0n) is 20.7. The Bertz CT molecular complexity index is 412. The van der Waals surface area contributed by atoms with Crippen LogP contribution in [0.2, 0.25) is 0 Å². The average Bonchev–Trinajstić information content (AvgIpc) is 3.34. The van der Waals surface area contributed by atoms with Crippen molar-refractivity contribution in [2.45, 2.75) is 80.6 Å². The molecule has 0 unspecified atom stereocenters. The van der Waals surface area contributed by atoms with Crippen molar-refractivity contribution in [3.05, 3.63) is 0 Å². The predicted molar refractivity (Wildman–Crippen MR) is 123 cm³/mol. The maximum absolute atomic E-state index is 10.7. The molecule has 0 aliphatic carbocycles. The van der Waals surface area contributed by atoms with Crippen molar-refractivity contribution in [2.75, 3.05) is 52.5 Å². The van der Waals surface area contributed by atoms with Crippen LogP contribution in [0.4, 0.5) is 0 Å². The Morgan fingerprint density at radius 1 is 0.500 bits per heavy atom. The predicted octanol–water partition coefficient (Wildman–Crippen LogP) is 3.57. The van der Waals surface area contributed by atoms with Gasteiger partial charge in [0.05, 0.1) is 13.2 Å². The molecule has 0 N–H and O–H groups in total. The number of morpholine rings is 1. The smallest absolute Gasteiger partial charge is 0.219 e. The number of nitrogens with zero attached hydrogens (tertiary/aromatic N) is 3. The molecular formula is C23H47N3O4. The largest absolute Gasteiger partial charge is 0.378 e. The fourth-order valence-corrected chi connectivity index (χ4v) is 3.12. The standard InChI is InChI=1S/C7H13NO.C6H11NO2.C6H11NO.2C2H6/c1-7(9)8-5-3-2-4-6-8;1-6(8)7-2-4-9-5-3-7;1-6(8)7-4-2-3-5-7;2*1-2/h2-6H2,1H3;2-5H2,1H3;2-5H2,1H3;2*1-2H3. The number of amides is 3. The number of ether oxygens (including phenoxy) is 1. The van der Waals surface area contributed by atoms with Crippen LogP contribution in [0, 0.1) is 0 Å². The second-order valence-corrected chi connectivity index (χ2v) is 6.90. The number of piperidine rings is 1. The van der Waals surface area contributed by atoms with E-state index in [4.69, 9.17) is 4.74 Å². The molecule has 0 aromatic rings. The summed E-state index contributed by atoms with van der Waals surface area (Å²) in [6, 6.07) is 0. The summed E-state index contributed by atoms with van der Waals surface area (Å²) in [6.45, 7) is 19.7. The Labute approximate surface area is 185 Å². The molecule has 3 amide bonds. The molecule has 0 radical (unpaired) electrons. The van der Waals surface area contributed by atoms with Gasteiger partial charge in [-0.25, -0.2) is 0 Å². The van der Waals surface area contributed by atoms with Gasteiger partial charge >= 0.3 is 0 Å². The van der Waals surface area contributed by atoms with E-state index in [-0.39, 0.29) is 17.7 Å². The molecule has 0 aromatic heterocycles. The van der Waals surface area contributed by atoms with Crippen LogP contribution in [0.5, 0.6) is 0 Å².